The predicted octanol–water partition coefficient (Wildman–Crippen LogP) is 5.62. The lowest BCUT2D eigenvalue weighted by Crippen LogP contribution is -2.37. The Labute approximate surface area is 191 Å². The van der Waals surface area contributed by atoms with Crippen molar-refractivity contribution in [1.82, 2.24) is 4.98 Å². The van der Waals surface area contributed by atoms with E-state index in [9.17, 15) is 4.79 Å². The van der Waals surface area contributed by atoms with Crippen LogP contribution in [0.2, 0.25) is 0 Å². The standard InChI is InChI=1S/C24H28N2O3S2/c1-16-13-21-22(14-17(16)2)31-24(25-21)26(15-19-5-4-11-29-19)23(27)10-12-30-20-8-6-18(28-3)7-9-20/h6-9,13-14,19H,4-5,10-12,15H2,1-3H3. The molecule has 2 aromatic carbocycles. The third-order valence-electron chi connectivity index (χ3n) is 5.58. The second-order valence-corrected chi connectivity index (χ2v) is 9.99. The van der Waals surface area contributed by atoms with Crippen LogP contribution in [0.15, 0.2) is 41.3 Å². The van der Waals surface area contributed by atoms with Crippen molar-refractivity contribution in [2.75, 3.05) is 30.9 Å². The molecule has 0 aliphatic carbocycles. The van der Waals surface area contributed by atoms with Gasteiger partial charge in [0.05, 0.1) is 30.0 Å². The van der Waals surface area contributed by atoms with Gasteiger partial charge in [-0.05, 0) is 74.2 Å². The van der Waals surface area contributed by atoms with E-state index in [2.05, 4.69) is 26.0 Å². The molecule has 164 valence electrons. The molecule has 0 spiro atoms. The molecule has 1 saturated heterocycles. The highest BCUT2D eigenvalue weighted by Gasteiger charge is 2.26. The summed E-state index contributed by atoms with van der Waals surface area (Å²) in [5.41, 5.74) is 3.42. The molecule has 1 atom stereocenters. The molecule has 7 heteroatoms. The molecule has 31 heavy (non-hydrogen) atoms. The van der Waals surface area contributed by atoms with Gasteiger partial charge in [-0.15, -0.1) is 11.8 Å². The van der Waals surface area contributed by atoms with Gasteiger partial charge in [0.15, 0.2) is 5.13 Å². The molecule has 5 nitrogen and oxygen atoms in total. The molecule has 1 aliphatic rings. The van der Waals surface area contributed by atoms with E-state index in [1.54, 1.807) is 30.2 Å². The molecule has 1 aliphatic heterocycles. The summed E-state index contributed by atoms with van der Waals surface area (Å²) in [5, 5.41) is 0.773. The number of aromatic nitrogens is 1. The maximum absolute atomic E-state index is 13.2. The number of anilines is 1. The van der Waals surface area contributed by atoms with Crippen molar-refractivity contribution in [3.05, 3.63) is 47.5 Å². The van der Waals surface area contributed by atoms with Crippen LogP contribution in [0.1, 0.15) is 30.4 Å². The Kier molecular flexibility index (Phi) is 7.15. The van der Waals surface area contributed by atoms with Crippen molar-refractivity contribution in [2.24, 2.45) is 0 Å². The first-order valence-electron chi connectivity index (χ1n) is 10.6. The zero-order chi connectivity index (χ0) is 21.8. The van der Waals surface area contributed by atoms with Gasteiger partial charge in [-0.1, -0.05) is 11.3 Å². The maximum Gasteiger partial charge on any atom is 0.229 e. The lowest BCUT2D eigenvalue weighted by Gasteiger charge is -2.23. The minimum atomic E-state index is 0.0914. The van der Waals surface area contributed by atoms with Gasteiger partial charge < -0.3 is 9.47 Å². The van der Waals surface area contributed by atoms with E-state index in [4.69, 9.17) is 14.5 Å². The molecule has 1 fully saturated rings. The minimum absolute atomic E-state index is 0.0914. The number of methoxy groups -OCH3 is 1. The highest BCUT2D eigenvalue weighted by Crippen LogP contribution is 2.32. The van der Waals surface area contributed by atoms with Crippen LogP contribution in [0.3, 0.4) is 0 Å². The number of fused-ring (bicyclic) bond motifs is 1. The fourth-order valence-corrected chi connectivity index (χ4v) is 5.54. The lowest BCUT2D eigenvalue weighted by molar-refractivity contribution is -0.118. The number of hydrogen-bond donors (Lipinski definition) is 0. The number of carbonyl (C=O) groups excluding carboxylic acids is 1. The van der Waals surface area contributed by atoms with Crippen LogP contribution in [-0.4, -0.2) is 43.0 Å². The molecule has 0 N–H and O–H groups in total. The summed E-state index contributed by atoms with van der Waals surface area (Å²) in [6, 6.07) is 12.2. The summed E-state index contributed by atoms with van der Waals surface area (Å²) < 4.78 is 12.2. The quantitative estimate of drug-likeness (QED) is 0.412. The van der Waals surface area contributed by atoms with Gasteiger partial charge in [-0.3, -0.25) is 9.69 Å². The largest absolute Gasteiger partial charge is 0.497 e. The monoisotopic (exact) mass is 456 g/mol. The second kappa shape index (κ2) is 10.0. The van der Waals surface area contributed by atoms with Crippen LogP contribution in [0.25, 0.3) is 10.2 Å². The number of rotatable bonds is 8. The maximum atomic E-state index is 13.2. The van der Waals surface area contributed by atoms with E-state index in [-0.39, 0.29) is 12.0 Å². The summed E-state index contributed by atoms with van der Waals surface area (Å²) >= 11 is 3.27. The zero-order valence-electron chi connectivity index (χ0n) is 18.2. The number of thiazole rings is 1. The fraction of sp³-hybridized carbons (Fsp3) is 0.417. The van der Waals surface area contributed by atoms with E-state index >= 15 is 0 Å². The van der Waals surface area contributed by atoms with Crippen molar-refractivity contribution in [3.8, 4) is 5.75 Å². The molecule has 1 aromatic heterocycles. The van der Waals surface area contributed by atoms with Crippen LogP contribution < -0.4 is 9.64 Å². The Bertz CT molecular complexity index is 1000. The first kappa shape index (κ1) is 22.1. The summed E-state index contributed by atoms with van der Waals surface area (Å²) in [6.45, 7) is 5.56. The number of carbonyl (C=O) groups is 1. The van der Waals surface area contributed by atoms with Crippen LogP contribution in [0.4, 0.5) is 5.13 Å². The molecule has 2 heterocycles. The number of nitrogens with zero attached hydrogens (tertiary/aromatic N) is 2. The Hall–Kier alpha value is -2.09. The molecule has 3 aromatic rings. The van der Waals surface area contributed by atoms with Crippen molar-refractivity contribution >= 4 is 44.4 Å². The predicted molar refractivity (Wildman–Crippen MR) is 129 cm³/mol. The number of amides is 1. The minimum Gasteiger partial charge on any atom is -0.497 e. The molecule has 0 saturated carbocycles. The van der Waals surface area contributed by atoms with Gasteiger partial charge in [0.1, 0.15) is 5.75 Å². The van der Waals surface area contributed by atoms with Crippen molar-refractivity contribution in [2.45, 2.75) is 44.1 Å². The Morgan fingerprint density at radius 3 is 2.74 bits per heavy atom. The summed E-state index contributed by atoms with van der Waals surface area (Å²) in [7, 11) is 1.66. The van der Waals surface area contributed by atoms with Crippen LogP contribution in [0, 0.1) is 13.8 Å². The highest BCUT2D eigenvalue weighted by atomic mass is 32.2. The van der Waals surface area contributed by atoms with Crippen molar-refractivity contribution in [1.29, 1.82) is 0 Å². The normalized spacial score (nSPS) is 16.0. The van der Waals surface area contributed by atoms with Crippen LogP contribution in [-0.2, 0) is 9.53 Å². The Morgan fingerprint density at radius 1 is 1.26 bits per heavy atom. The first-order valence-corrected chi connectivity index (χ1v) is 12.4. The topological polar surface area (TPSA) is 51.7 Å². The van der Waals surface area contributed by atoms with Gasteiger partial charge in [-0.2, -0.15) is 0 Å². The average molecular weight is 457 g/mol. The zero-order valence-corrected chi connectivity index (χ0v) is 19.9. The van der Waals surface area contributed by atoms with Gasteiger partial charge in [0.25, 0.3) is 0 Å². The van der Waals surface area contributed by atoms with E-state index in [0.717, 1.165) is 51.2 Å². The molecule has 1 amide bonds. The Balaban J connectivity index is 1.47. The summed E-state index contributed by atoms with van der Waals surface area (Å²) in [6.07, 6.45) is 2.59. The fourth-order valence-electron chi connectivity index (χ4n) is 3.62. The van der Waals surface area contributed by atoms with E-state index in [0.29, 0.717) is 13.0 Å². The molecule has 0 radical (unpaired) electrons. The van der Waals surface area contributed by atoms with Crippen LogP contribution >= 0.6 is 23.1 Å². The molecule has 4 rings (SSSR count). The number of ether oxygens (including phenoxy) is 2. The smallest absolute Gasteiger partial charge is 0.229 e. The highest BCUT2D eigenvalue weighted by molar-refractivity contribution is 7.99. The van der Waals surface area contributed by atoms with E-state index < -0.39 is 0 Å². The van der Waals surface area contributed by atoms with Crippen molar-refractivity contribution in [3.63, 3.8) is 0 Å². The van der Waals surface area contributed by atoms with E-state index in [1.165, 1.54) is 11.1 Å². The SMILES string of the molecule is COc1ccc(SCCC(=O)N(CC2CCCO2)c2nc3cc(C)c(C)cc3s2)cc1. The molecular weight excluding hydrogens is 428 g/mol. The van der Waals surface area contributed by atoms with Gasteiger partial charge in [-0.25, -0.2) is 4.98 Å². The third-order valence-corrected chi connectivity index (χ3v) is 7.63. The number of benzene rings is 2. The average Bonchev–Trinajstić information content (AvgIpc) is 3.42. The number of thioether (sulfide) groups is 1. The first-order chi connectivity index (χ1) is 15.0. The van der Waals surface area contributed by atoms with Crippen molar-refractivity contribution < 1.29 is 14.3 Å². The molecule has 1 unspecified atom stereocenters. The molecule has 0 bridgehead atoms. The summed E-state index contributed by atoms with van der Waals surface area (Å²) in [4.78, 5) is 21.0. The van der Waals surface area contributed by atoms with Gasteiger partial charge in [0.2, 0.25) is 5.91 Å². The lowest BCUT2D eigenvalue weighted by atomic mass is 10.1. The molecular formula is C24H28N2O3S2. The van der Waals surface area contributed by atoms with Gasteiger partial charge in [0, 0.05) is 23.7 Å². The third kappa shape index (κ3) is 5.40. The number of aryl methyl sites for hydroxylation is 2. The number of hydrogen-bond acceptors (Lipinski definition) is 6. The van der Waals surface area contributed by atoms with Crippen LogP contribution in [0.5, 0.6) is 5.75 Å². The van der Waals surface area contributed by atoms with Gasteiger partial charge >= 0.3 is 0 Å². The second-order valence-electron chi connectivity index (χ2n) is 7.81. The summed E-state index contributed by atoms with van der Waals surface area (Å²) in [5.74, 6) is 1.66. The Morgan fingerprint density at radius 2 is 2.03 bits per heavy atom. The van der Waals surface area contributed by atoms with E-state index in [1.807, 2.05) is 29.2 Å².